The van der Waals surface area contributed by atoms with E-state index in [-0.39, 0.29) is 17.8 Å². The van der Waals surface area contributed by atoms with Crippen LogP contribution in [0.2, 0.25) is 0 Å². The minimum Gasteiger partial charge on any atom is -0.466 e. The second kappa shape index (κ2) is 4.89. The molecule has 0 atom stereocenters. The predicted molar refractivity (Wildman–Crippen MR) is 72.6 cm³/mol. The van der Waals surface area contributed by atoms with Crippen molar-refractivity contribution >= 4 is 11.9 Å². The van der Waals surface area contributed by atoms with Gasteiger partial charge in [-0.2, -0.15) is 5.10 Å². The minimum absolute atomic E-state index is 0.0129. The summed E-state index contributed by atoms with van der Waals surface area (Å²) in [6.45, 7) is 3.49. The average Bonchev–Trinajstić information content (AvgIpc) is 3.10. The van der Waals surface area contributed by atoms with E-state index in [4.69, 9.17) is 8.83 Å². The molecule has 8 heteroatoms. The highest BCUT2D eigenvalue weighted by Gasteiger charge is 2.17. The van der Waals surface area contributed by atoms with Crippen molar-refractivity contribution in [2.75, 3.05) is 5.32 Å². The second-order valence-electron chi connectivity index (χ2n) is 4.57. The lowest BCUT2D eigenvalue weighted by Crippen LogP contribution is -2.12. The molecule has 0 saturated carbocycles. The number of hydrogen-bond donors (Lipinski definition) is 1. The Hall–Kier alpha value is -2.90. The van der Waals surface area contributed by atoms with Crippen molar-refractivity contribution in [3.63, 3.8) is 0 Å². The van der Waals surface area contributed by atoms with Gasteiger partial charge >= 0.3 is 6.01 Å². The van der Waals surface area contributed by atoms with Crippen LogP contribution in [-0.2, 0) is 7.05 Å². The first-order valence-electron chi connectivity index (χ1n) is 6.25. The number of nitrogens with one attached hydrogen (secondary N) is 1. The van der Waals surface area contributed by atoms with Crippen molar-refractivity contribution in [2.24, 2.45) is 7.05 Å². The molecule has 3 aromatic rings. The molecule has 0 aliphatic heterocycles. The number of carbonyl (C=O) groups is 1. The van der Waals surface area contributed by atoms with Crippen molar-refractivity contribution in [2.45, 2.75) is 13.8 Å². The third-order valence-electron chi connectivity index (χ3n) is 2.86. The van der Waals surface area contributed by atoms with E-state index in [1.54, 1.807) is 43.9 Å². The topological polar surface area (TPSA) is 99.0 Å². The molecule has 0 fully saturated rings. The Balaban J connectivity index is 1.78. The Bertz CT molecular complexity index is 798. The fourth-order valence-electron chi connectivity index (χ4n) is 1.93. The molecule has 0 bridgehead atoms. The lowest BCUT2D eigenvalue weighted by atomic mass is 10.2. The highest BCUT2D eigenvalue weighted by atomic mass is 16.4. The maximum Gasteiger partial charge on any atom is 0.322 e. The number of furan rings is 1. The monoisotopic (exact) mass is 287 g/mol. The molecule has 1 N–H and O–H groups in total. The number of amides is 1. The smallest absolute Gasteiger partial charge is 0.322 e. The standard InChI is InChI=1S/C13H13N5O3/c1-7-6-9(8(2)20-7)11(19)14-13-16-15-12(21-13)10-4-5-18(3)17-10/h4-6H,1-3H3,(H,14,16,19). The van der Waals surface area contributed by atoms with E-state index in [0.717, 1.165) is 0 Å². The van der Waals surface area contributed by atoms with Crippen molar-refractivity contribution < 1.29 is 13.6 Å². The quantitative estimate of drug-likeness (QED) is 0.790. The lowest BCUT2D eigenvalue weighted by Gasteiger charge is -1.97. The third-order valence-corrected chi connectivity index (χ3v) is 2.86. The number of anilines is 1. The van der Waals surface area contributed by atoms with Gasteiger partial charge in [0.1, 0.15) is 17.2 Å². The molecule has 21 heavy (non-hydrogen) atoms. The van der Waals surface area contributed by atoms with E-state index < -0.39 is 0 Å². The van der Waals surface area contributed by atoms with E-state index in [9.17, 15) is 4.79 Å². The van der Waals surface area contributed by atoms with E-state index in [1.807, 2.05) is 0 Å². The number of carbonyl (C=O) groups excluding carboxylic acids is 1. The summed E-state index contributed by atoms with van der Waals surface area (Å²) in [6, 6.07) is 3.41. The molecule has 3 heterocycles. The molecule has 0 spiro atoms. The van der Waals surface area contributed by atoms with Crippen LogP contribution in [0.1, 0.15) is 21.9 Å². The zero-order valence-corrected chi connectivity index (χ0v) is 11.7. The van der Waals surface area contributed by atoms with E-state index in [1.165, 1.54) is 0 Å². The maximum absolute atomic E-state index is 12.1. The number of nitrogens with zero attached hydrogens (tertiary/aromatic N) is 4. The highest BCUT2D eigenvalue weighted by Crippen LogP contribution is 2.19. The molecule has 1 amide bonds. The van der Waals surface area contributed by atoms with Gasteiger partial charge in [-0.05, 0) is 26.0 Å². The van der Waals surface area contributed by atoms with E-state index in [0.29, 0.717) is 22.8 Å². The fraction of sp³-hybridized carbons (Fsp3) is 0.231. The number of aromatic nitrogens is 4. The van der Waals surface area contributed by atoms with Crippen LogP contribution >= 0.6 is 0 Å². The number of rotatable bonds is 3. The first-order chi connectivity index (χ1) is 10.0. The van der Waals surface area contributed by atoms with Crippen molar-refractivity contribution in [3.8, 4) is 11.6 Å². The molecule has 3 aromatic heterocycles. The van der Waals surface area contributed by atoms with Crippen LogP contribution in [0.5, 0.6) is 0 Å². The molecule has 8 nitrogen and oxygen atoms in total. The van der Waals surface area contributed by atoms with Gasteiger partial charge in [0.15, 0.2) is 0 Å². The molecule has 0 aliphatic rings. The van der Waals surface area contributed by atoms with Crippen LogP contribution < -0.4 is 5.32 Å². The summed E-state index contributed by atoms with van der Waals surface area (Å²) in [4.78, 5) is 12.1. The van der Waals surface area contributed by atoms with Crippen LogP contribution in [0.15, 0.2) is 27.2 Å². The normalized spacial score (nSPS) is 10.8. The predicted octanol–water partition coefficient (Wildman–Crippen LogP) is 1.93. The third kappa shape index (κ3) is 2.55. The van der Waals surface area contributed by atoms with Crippen LogP contribution in [0.3, 0.4) is 0 Å². The van der Waals surface area contributed by atoms with Crippen molar-refractivity contribution in [1.82, 2.24) is 20.0 Å². The van der Waals surface area contributed by atoms with Gasteiger partial charge in [-0.25, -0.2) is 0 Å². The van der Waals surface area contributed by atoms with Gasteiger partial charge in [0.2, 0.25) is 0 Å². The Labute approximate surface area is 119 Å². The average molecular weight is 287 g/mol. The number of aryl methyl sites for hydroxylation is 3. The fourth-order valence-corrected chi connectivity index (χ4v) is 1.93. The molecule has 0 aliphatic carbocycles. The van der Waals surface area contributed by atoms with Gasteiger partial charge in [-0.1, -0.05) is 5.10 Å². The largest absolute Gasteiger partial charge is 0.466 e. The molecular weight excluding hydrogens is 274 g/mol. The molecule has 3 rings (SSSR count). The molecule has 0 saturated heterocycles. The zero-order valence-electron chi connectivity index (χ0n) is 11.7. The summed E-state index contributed by atoms with van der Waals surface area (Å²) in [5, 5.41) is 14.3. The molecule has 0 aromatic carbocycles. The zero-order chi connectivity index (χ0) is 15.0. The summed E-state index contributed by atoms with van der Waals surface area (Å²) in [6.07, 6.45) is 1.76. The SMILES string of the molecule is Cc1cc(C(=O)Nc2nnc(-c3ccn(C)n3)o2)c(C)o1. The van der Waals surface area contributed by atoms with Gasteiger partial charge in [0.25, 0.3) is 11.8 Å². The van der Waals surface area contributed by atoms with Gasteiger partial charge in [-0.15, -0.1) is 5.10 Å². The first-order valence-corrected chi connectivity index (χ1v) is 6.25. The second-order valence-corrected chi connectivity index (χ2v) is 4.57. The van der Waals surface area contributed by atoms with Gasteiger partial charge in [0.05, 0.1) is 5.56 Å². The van der Waals surface area contributed by atoms with Crippen LogP contribution in [0, 0.1) is 13.8 Å². The van der Waals surface area contributed by atoms with Crippen molar-refractivity contribution in [3.05, 3.63) is 35.4 Å². The van der Waals surface area contributed by atoms with Crippen molar-refractivity contribution in [1.29, 1.82) is 0 Å². The van der Waals surface area contributed by atoms with Crippen LogP contribution in [0.4, 0.5) is 6.01 Å². The molecule has 108 valence electrons. The summed E-state index contributed by atoms with van der Waals surface area (Å²) in [5.41, 5.74) is 0.978. The molecule has 0 unspecified atom stereocenters. The van der Waals surface area contributed by atoms with Gasteiger partial charge in [0, 0.05) is 13.2 Å². The summed E-state index contributed by atoms with van der Waals surface area (Å²) in [5.74, 6) is 1.08. The summed E-state index contributed by atoms with van der Waals surface area (Å²) < 4.78 is 12.3. The van der Waals surface area contributed by atoms with Gasteiger partial charge < -0.3 is 8.83 Å². The molecule has 0 radical (unpaired) electrons. The van der Waals surface area contributed by atoms with Gasteiger partial charge in [-0.3, -0.25) is 14.8 Å². The van der Waals surface area contributed by atoms with Crippen LogP contribution in [0.25, 0.3) is 11.6 Å². The maximum atomic E-state index is 12.1. The van der Waals surface area contributed by atoms with E-state index >= 15 is 0 Å². The molecular formula is C13H13N5O3. The number of hydrogen-bond acceptors (Lipinski definition) is 6. The Morgan fingerprint density at radius 1 is 1.29 bits per heavy atom. The van der Waals surface area contributed by atoms with E-state index in [2.05, 4.69) is 20.6 Å². The summed E-state index contributed by atoms with van der Waals surface area (Å²) >= 11 is 0. The highest BCUT2D eigenvalue weighted by molar-refractivity contribution is 6.03. The Morgan fingerprint density at radius 2 is 2.10 bits per heavy atom. The Kier molecular flexibility index (Phi) is 3.05. The lowest BCUT2D eigenvalue weighted by molar-refractivity contribution is 0.102. The van der Waals surface area contributed by atoms with Crippen LogP contribution in [-0.4, -0.2) is 25.9 Å². The summed E-state index contributed by atoms with van der Waals surface area (Å²) in [7, 11) is 1.78. The minimum atomic E-state index is -0.361. The first kappa shape index (κ1) is 13.1. The Morgan fingerprint density at radius 3 is 2.71 bits per heavy atom.